The monoisotopic (exact) mass is 477 g/mol. The highest BCUT2D eigenvalue weighted by Gasteiger charge is 2.18. The molecule has 1 aliphatic rings. The van der Waals surface area contributed by atoms with Crippen LogP contribution >= 0.6 is 0 Å². The second kappa shape index (κ2) is 10.8. The number of ether oxygens (including phenoxy) is 3. The van der Waals surface area contributed by atoms with E-state index in [0.29, 0.717) is 49.0 Å². The SMILES string of the molecule is C=C(/C=C\CNC(=O)c1cc2nccc(-c3ccc(OC)c(OC)c3)n2n1)C(=O)N1CCOCC1. The van der Waals surface area contributed by atoms with E-state index >= 15 is 0 Å². The molecular formula is C25H27N5O5. The molecule has 0 aliphatic carbocycles. The Kier molecular flexibility index (Phi) is 7.41. The molecule has 35 heavy (non-hydrogen) atoms. The van der Waals surface area contributed by atoms with Crippen molar-refractivity contribution in [3.8, 4) is 22.8 Å². The van der Waals surface area contributed by atoms with Crippen LogP contribution in [0.1, 0.15) is 10.5 Å². The Morgan fingerprint density at radius 1 is 1.14 bits per heavy atom. The summed E-state index contributed by atoms with van der Waals surface area (Å²) in [6.45, 7) is 6.20. The molecule has 10 heteroatoms. The first kappa shape index (κ1) is 24.0. The smallest absolute Gasteiger partial charge is 0.272 e. The van der Waals surface area contributed by atoms with Gasteiger partial charge in [-0.3, -0.25) is 9.59 Å². The topological polar surface area (TPSA) is 107 Å². The van der Waals surface area contributed by atoms with Gasteiger partial charge in [-0.2, -0.15) is 5.10 Å². The lowest BCUT2D eigenvalue weighted by Gasteiger charge is -2.26. The van der Waals surface area contributed by atoms with E-state index in [4.69, 9.17) is 14.2 Å². The number of benzene rings is 1. The fourth-order valence-corrected chi connectivity index (χ4v) is 3.70. The van der Waals surface area contributed by atoms with Gasteiger partial charge < -0.3 is 24.4 Å². The minimum atomic E-state index is -0.358. The number of rotatable bonds is 8. The van der Waals surface area contributed by atoms with E-state index in [1.807, 2.05) is 24.3 Å². The largest absolute Gasteiger partial charge is 0.493 e. The summed E-state index contributed by atoms with van der Waals surface area (Å²) in [5.41, 5.74) is 2.69. The van der Waals surface area contributed by atoms with Crippen molar-refractivity contribution in [2.24, 2.45) is 0 Å². The molecule has 0 spiro atoms. The highest BCUT2D eigenvalue weighted by atomic mass is 16.5. The Balaban J connectivity index is 1.43. The number of amides is 2. The number of carbonyl (C=O) groups is 2. The van der Waals surface area contributed by atoms with Gasteiger partial charge in [0, 0.05) is 43.0 Å². The van der Waals surface area contributed by atoms with Gasteiger partial charge in [-0.05, 0) is 24.3 Å². The standard InChI is InChI=1S/C25H27N5O5/c1-17(25(32)29-11-13-35-14-12-29)5-4-9-27-24(31)19-16-23-26-10-8-20(30(23)28-19)18-6-7-21(33-2)22(15-18)34-3/h4-8,10,15-16H,1,9,11-14H2,2-3H3,(H,27,31)/b5-4-. The predicted octanol–water partition coefficient (Wildman–Crippen LogP) is 2.11. The van der Waals surface area contributed by atoms with Crippen molar-refractivity contribution in [1.29, 1.82) is 0 Å². The molecule has 3 heterocycles. The van der Waals surface area contributed by atoms with E-state index in [-0.39, 0.29) is 24.1 Å². The lowest BCUT2D eigenvalue weighted by molar-refractivity contribution is -0.130. The van der Waals surface area contributed by atoms with Gasteiger partial charge in [-0.15, -0.1) is 0 Å². The molecule has 0 bridgehead atoms. The van der Waals surface area contributed by atoms with Crippen molar-refractivity contribution in [2.45, 2.75) is 0 Å². The molecular weight excluding hydrogens is 450 g/mol. The van der Waals surface area contributed by atoms with Crippen LogP contribution in [0, 0.1) is 0 Å². The van der Waals surface area contributed by atoms with Gasteiger partial charge in [-0.1, -0.05) is 18.7 Å². The summed E-state index contributed by atoms with van der Waals surface area (Å²) in [6.07, 6.45) is 4.95. The van der Waals surface area contributed by atoms with Gasteiger partial charge in [0.1, 0.15) is 0 Å². The van der Waals surface area contributed by atoms with Crippen molar-refractivity contribution in [1.82, 2.24) is 24.8 Å². The Morgan fingerprint density at radius 2 is 1.91 bits per heavy atom. The van der Waals surface area contributed by atoms with Crippen LogP contribution in [0.25, 0.3) is 16.9 Å². The van der Waals surface area contributed by atoms with Gasteiger partial charge in [0.05, 0.1) is 33.1 Å². The van der Waals surface area contributed by atoms with E-state index < -0.39 is 0 Å². The first-order valence-electron chi connectivity index (χ1n) is 11.1. The zero-order valence-corrected chi connectivity index (χ0v) is 19.7. The van der Waals surface area contributed by atoms with Gasteiger partial charge >= 0.3 is 0 Å². The number of methoxy groups -OCH3 is 2. The number of nitrogens with one attached hydrogen (secondary N) is 1. The fraction of sp³-hybridized carbons (Fsp3) is 0.280. The summed E-state index contributed by atoms with van der Waals surface area (Å²) in [4.78, 5) is 31.1. The van der Waals surface area contributed by atoms with Crippen LogP contribution < -0.4 is 14.8 Å². The van der Waals surface area contributed by atoms with Crippen molar-refractivity contribution >= 4 is 17.5 Å². The highest BCUT2D eigenvalue weighted by molar-refractivity contribution is 5.96. The Morgan fingerprint density at radius 3 is 2.66 bits per heavy atom. The molecule has 0 unspecified atom stereocenters. The molecule has 182 valence electrons. The van der Waals surface area contributed by atoms with E-state index in [9.17, 15) is 9.59 Å². The molecule has 1 aromatic carbocycles. The average molecular weight is 478 g/mol. The Hall–Kier alpha value is -4.18. The van der Waals surface area contributed by atoms with Crippen molar-refractivity contribution in [3.05, 3.63) is 66.5 Å². The summed E-state index contributed by atoms with van der Waals surface area (Å²) in [5.74, 6) is 0.707. The predicted molar refractivity (Wildman–Crippen MR) is 130 cm³/mol. The summed E-state index contributed by atoms with van der Waals surface area (Å²) in [6, 6.07) is 8.95. The number of fused-ring (bicyclic) bond motifs is 1. The van der Waals surface area contributed by atoms with Crippen LogP contribution in [0.2, 0.25) is 0 Å². The molecule has 2 aromatic heterocycles. The average Bonchev–Trinajstić information content (AvgIpc) is 3.35. The summed E-state index contributed by atoms with van der Waals surface area (Å²) < 4.78 is 17.6. The van der Waals surface area contributed by atoms with E-state index in [1.165, 1.54) is 0 Å². The van der Waals surface area contributed by atoms with Crippen LogP contribution in [-0.4, -0.2) is 78.4 Å². The Labute approximate surface area is 202 Å². The number of morpholine rings is 1. The number of nitrogens with zero attached hydrogens (tertiary/aromatic N) is 4. The van der Waals surface area contributed by atoms with Gasteiger partial charge in [0.2, 0.25) is 0 Å². The maximum absolute atomic E-state index is 12.7. The molecule has 4 rings (SSSR count). The molecule has 0 atom stereocenters. The molecule has 10 nitrogen and oxygen atoms in total. The van der Waals surface area contributed by atoms with Gasteiger partial charge in [-0.25, -0.2) is 9.50 Å². The lowest BCUT2D eigenvalue weighted by atomic mass is 10.1. The normalized spacial score (nSPS) is 13.7. The molecule has 1 aliphatic heterocycles. The van der Waals surface area contributed by atoms with Crippen LogP contribution in [-0.2, 0) is 9.53 Å². The van der Waals surface area contributed by atoms with Crippen LogP contribution in [0.15, 0.2) is 60.8 Å². The second-order valence-corrected chi connectivity index (χ2v) is 7.74. The number of hydrogen-bond donors (Lipinski definition) is 1. The van der Waals surface area contributed by atoms with Crippen LogP contribution in [0.5, 0.6) is 11.5 Å². The van der Waals surface area contributed by atoms with Crippen molar-refractivity contribution in [3.63, 3.8) is 0 Å². The van der Waals surface area contributed by atoms with E-state index in [1.54, 1.807) is 48.1 Å². The van der Waals surface area contributed by atoms with E-state index in [2.05, 4.69) is 22.0 Å². The Bertz CT molecular complexity index is 1280. The maximum atomic E-state index is 12.7. The van der Waals surface area contributed by atoms with Crippen LogP contribution in [0.3, 0.4) is 0 Å². The van der Waals surface area contributed by atoms with Gasteiger partial charge in [0.25, 0.3) is 11.8 Å². The van der Waals surface area contributed by atoms with Crippen molar-refractivity contribution in [2.75, 3.05) is 47.1 Å². The fourth-order valence-electron chi connectivity index (χ4n) is 3.70. The minimum absolute atomic E-state index is 0.134. The van der Waals surface area contributed by atoms with Crippen molar-refractivity contribution < 1.29 is 23.8 Å². The zero-order chi connectivity index (χ0) is 24.8. The summed E-state index contributed by atoms with van der Waals surface area (Å²) >= 11 is 0. The second-order valence-electron chi connectivity index (χ2n) is 7.74. The molecule has 0 saturated carbocycles. The maximum Gasteiger partial charge on any atom is 0.272 e. The third-order valence-electron chi connectivity index (χ3n) is 5.54. The number of hydrogen-bond acceptors (Lipinski definition) is 7. The number of aromatic nitrogens is 3. The third-order valence-corrected chi connectivity index (χ3v) is 5.54. The quantitative estimate of drug-likeness (QED) is 0.391. The summed E-state index contributed by atoms with van der Waals surface area (Å²) in [7, 11) is 3.15. The summed E-state index contributed by atoms with van der Waals surface area (Å²) in [5, 5.41) is 7.22. The highest BCUT2D eigenvalue weighted by Crippen LogP contribution is 2.32. The van der Waals surface area contributed by atoms with Gasteiger partial charge in [0.15, 0.2) is 22.8 Å². The van der Waals surface area contributed by atoms with Crippen LogP contribution in [0.4, 0.5) is 0 Å². The molecule has 1 fully saturated rings. The number of carbonyl (C=O) groups excluding carboxylic acids is 2. The van der Waals surface area contributed by atoms with E-state index in [0.717, 1.165) is 11.3 Å². The first-order valence-corrected chi connectivity index (χ1v) is 11.1. The third kappa shape index (κ3) is 5.33. The minimum Gasteiger partial charge on any atom is -0.493 e. The first-order chi connectivity index (χ1) is 17.0. The molecule has 3 aromatic rings. The molecule has 1 N–H and O–H groups in total. The molecule has 1 saturated heterocycles. The molecule has 2 amide bonds. The zero-order valence-electron chi connectivity index (χ0n) is 19.7. The molecule has 0 radical (unpaired) electrons. The lowest BCUT2D eigenvalue weighted by Crippen LogP contribution is -2.41.